The molecule has 56 valence electrons. The Morgan fingerprint density at radius 1 is 1.55 bits per heavy atom. The number of aromatic nitrogens is 2. The average molecular weight is 148 g/mol. The molecule has 0 atom stereocenters. The van der Waals surface area contributed by atoms with Crippen molar-refractivity contribution in [3.8, 4) is 11.4 Å². The molecule has 2 aromatic rings. The summed E-state index contributed by atoms with van der Waals surface area (Å²) >= 11 is 0. The summed E-state index contributed by atoms with van der Waals surface area (Å²) in [5, 5.41) is 0. The van der Waals surface area contributed by atoms with Gasteiger partial charge in [0.25, 0.3) is 0 Å². The fourth-order valence-electron chi connectivity index (χ4n) is 1.04. The van der Waals surface area contributed by atoms with Crippen LogP contribution < -0.4 is 0 Å². The molecule has 0 aliphatic heterocycles. The third kappa shape index (κ3) is 0.941. The SMILES string of the molecule is Cc1occc1-c1ncc[nH]1. The number of hydrogen-bond acceptors (Lipinski definition) is 2. The van der Waals surface area contributed by atoms with Gasteiger partial charge in [0.2, 0.25) is 0 Å². The maximum absolute atomic E-state index is 5.13. The van der Waals surface area contributed by atoms with Gasteiger partial charge < -0.3 is 9.40 Å². The van der Waals surface area contributed by atoms with Gasteiger partial charge in [-0.15, -0.1) is 0 Å². The summed E-state index contributed by atoms with van der Waals surface area (Å²) in [6.07, 6.45) is 5.18. The van der Waals surface area contributed by atoms with Crippen molar-refractivity contribution in [3.05, 3.63) is 30.5 Å². The van der Waals surface area contributed by atoms with E-state index in [1.54, 1.807) is 18.7 Å². The number of aryl methyl sites for hydroxylation is 1. The second-order valence-corrected chi connectivity index (χ2v) is 2.33. The highest BCUT2D eigenvalue weighted by atomic mass is 16.3. The molecular weight excluding hydrogens is 140 g/mol. The van der Waals surface area contributed by atoms with Crippen LogP contribution in [-0.2, 0) is 0 Å². The minimum absolute atomic E-state index is 0.858. The number of furan rings is 1. The molecule has 1 N–H and O–H groups in total. The number of aromatic amines is 1. The highest BCUT2D eigenvalue weighted by Crippen LogP contribution is 2.19. The largest absolute Gasteiger partial charge is 0.469 e. The summed E-state index contributed by atoms with van der Waals surface area (Å²) in [7, 11) is 0. The highest BCUT2D eigenvalue weighted by molar-refractivity contribution is 5.56. The summed E-state index contributed by atoms with van der Waals surface area (Å²) in [4.78, 5) is 7.11. The summed E-state index contributed by atoms with van der Waals surface area (Å²) in [6, 6.07) is 1.90. The van der Waals surface area contributed by atoms with Gasteiger partial charge in [-0.2, -0.15) is 0 Å². The molecule has 0 saturated carbocycles. The lowest BCUT2D eigenvalue weighted by atomic mass is 10.2. The summed E-state index contributed by atoms with van der Waals surface area (Å²) < 4.78 is 5.13. The van der Waals surface area contributed by atoms with Crippen molar-refractivity contribution >= 4 is 0 Å². The smallest absolute Gasteiger partial charge is 0.140 e. The van der Waals surface area contributed by atoms with Crippen LogP contribution in [0.5, 0.6) is 0 Å². The summed E-state index contributed by atoms with van der Waals surface area (Å²) in [5.41, 5.74) is 1.02. The Hall–Kier alpha value is -1.51. The van der Waals surface area contributed by atoms with Crippen LogP contribution in [0.4, 0.5) is 0 Å². The zero-order chi connectivity index (χ0) is 7.68. The molecule has 0 radical (unpaired) electrons. The molecule has 2 aromatic heterocycles. The lowest BCUT2D eigenvalue weighted by Crippen LogP contribution is -1.78. The lowest BCUT2D eigenvalue weighted by molar-refractivity contribution is 0.535. The Morgan fingerprint density at radius 3 is 3.00 bits per heavy atom. The van der Waals surface area contributed by atoms with E-state index in [0.717, 1.165) is 17.1 Å². The second kappa shape index (κ2) is 2.27. The van der Waals surface area contributed by atoms with Crippen molar-refractivity contribution in [2.45, 2.75) is 6.92 Å². The first-order valence-corrected chi connectivity index (χ1v) is 3.42. The van der Waals surface area contributed by atoms with Crippen molar-refractivity contribution in [2.75, 3.05) is 0 Å². The molecule has 0 saturated heterocycles. The van der Waals surface area contributed by atoms with E-state index in [9.17, 15) is 0 Å². The Balaban J connectivity index is 2.53. The van der Waals surface area contributed by atoms with Gasteiger partial charge in [-0.3, -0.25) is 0 Å². The van der Waals surface area contributed by atoms with E-state index in [2.05, 4.69) is 9.97 Å². The lowest BCUT2D eigenvalue weighted by Gasteiger charge is -1.90. The van der Waals surface area contributed by atoms with Crippen LogP contribution in [0.2, 0.25) is 0 Å². The van der Waals surface area contributed by atoms with Crippen LogP contribution in [0.25, 0.3) is 11.4 Å². The highest BCUT2D eigenvalue weighted by Gasteiger charge is 2.04. The minimum Gasteiger partial charge on any atom is -0.469 e. The minimum atomic E-state index is 0.858. The fourth-order valence-corrected chi connectivity index (χ4v) is 1.04. The van der Waals surface area contributed by atoms with Crippen molar-refractivity contribution in [2.24, 2.45) is 0 Å². The second-order valence-electron chi connectivity index (χ2n) is 2.33. The standard InChI is InChI=1S/C8H8N2O/c1-6-7(2-5-11-6)8-9-3-4-10-8/h2-5H,1H3,(H,9,10). The van der Waals surface area contributed by atoms with Crippen LogP contribution in [0, 0.1) is 6.92 Å². The average Bonchev–Trinajstić information content (AvgIpc) is 2.55. The van der Waals surface area contributed by atoms with Crippen molar-refractivity contribution in [1.82, 2.24) is 9.97 Å². The first-order chi connectivity index (χ1) is 5.38. The maximum atomic E-state index is 5.13. The van der Waals surface area contributed by atoms with Gasteiger partial charge in [0, 0.05) is 12.4 Å². The molecule has 3 nitrogen and oxygen atoms in total. The van der Waals surface area contributed by atoms with Gasteiger partial charge in [-0.25, -0.2) is 4.98 Å². The van der Waals surface area contributed by atoms with E-state index >= 15 is 0 Å². The Morgan fingerprint density at radius 2 is 2.45 bits per heavy atom. The third-order valence-electron chi connectivity index (χ3n) is 1.61. The molecule has 2 heterocycles. The first-order valence-electron chi connectivity index (χ1n) is 3.42. The number of rotatable bonds is 1. The molecule has 2 rings (SSSR count). The summed E-state index contributed by atoms with van der Waals surface area (Å²) in [5.74, 6) is 1.75. The van der Waals surface area contributed by atoms with E-state index in [1.165, 1.54) is 0 Å². The van der Waals surface area contributed by atoms with E-state index in [0.29, 0.717) is 0 Å². The molecule has 0 aliphatic rings. The molecule has 0 spiro atoms. The van der Waals surface area contributed by atoms with E-state index in [1.807, 2.05) is 13.0 Å². The third-order valence-corrected chi connectivity index (χ3v) is 1.61. The zero-order valence-corrected chi connectivity index (χ0v) is 6.16. The molecule has 0 bridgehead atoms. The number of H-pyrrole nitrogens is 1. The molecular formula is C8H8N2O. The topological polar surface area (TPSA) is 41.8 Å². The van der Waals surface area contributed by atoms with E-state index < -0.39 is 0 Å². The van der Waals surface area contributed by atoms with Crippen LogP contribution in [-0.4, -0.2) is 9.97 Å². The van der Waals surface area contributed by atoms with Gasteiger partial charge in [0.1, 0.15) is 11.6 Å². The Bertz CT molecular complexity index is 335. The van der Waals surface area contributed by atoms with Crippen LogP contribution in [0.3, 0.4) is 0 Å². The van der Waals surface area contributed by atoms with Crippen LogP contribution >= 0.6 is 0 Å². The van der Waals surface area contributed by atoms with E-state index in [-0.39, 0.29) is 0 Å². The molecule has 3 heteroatoms. The van der Waals surface area contributed by atoms with E-state index in [4.69, 9.17) is 4.42 Å². The van der Waals surface area contributed by atoms with Crippen LogP contribution in [0.15, 0.2) is 29.1 Å². The maximum Gasteiger partial charge on any atom is 0.140 e. The molecule has 0 aromatic carbocycles. The van der Waals surface area contributed by atoms with Crippen molar-refractivity contribution in [3.63, 3.8) is 0 Å². The van der Waals surface area contributed by atoms with Gasteiger partial charge >= 0.3 is 0 Å². The van der Waals surface area contributed by atoms with Gasteiger partial charge in [0.15, 0.2) is 0 Å². The Labute approximate surface area is 64.1 Å². The zero-order valence-electron chi connectivity index (χ0n) is 6.16. The normalized spacial score (nSPS) is 10.3. The monoisotopic (exact) mass is 148 g/mol. The number of nitrogens with one attached hydrogen (secondary N) is 1. The van der Waals surface area contributed by atoms with Crippen molar-refractivity contribution in [1.29, 1.82) is 0 Å². The summed E-state index contributed by atoms with van der Waals surface area (Å²) in [6.45, 7) is 1.91. The van der Waals surface area contributed by atoms with Crippen molar-refractivity contribution < 1.29 is 4.42 Å². The quantitative estimate of drug-likeness (QED) is 0.671. The fraction of sp³-hybridized carbons (Fsp3) is 0.125. The number of nitrogens with zero attached hydrogens (tertiary/aromatic N) is 1. The first kappa shape index (κ1) is 6.22. The van der Waals surface area contributed by atoms with Gasteiger partial charge in [0.05, 0.1) is 11.8 Å². The predicted octanol–water partition coefficient (Wildman–Crippen LogP) is 1.98. The molecule has 0 fully saturated rings. The predicted molar refractivity (Wildman–Crippen MR) is 41.0 cm³/mol. The molecule has 11 heavy (non-hydrogen) atoms. The Kier molecular flexibility index (Phi) is 1.28. The van der Waals surface area contributed by atoms with Crippen LogP contribution in [0.1, 0.15) is 5.76 Å². The van der Waals surface area contributed by atoms with Gasteiger partial charge in [-0.05, 0) is 13.0 Å². The molecule has 0 unspecified atom stereocenters. The molecule has 0 aliphatic carbocycles. The number of hydrogen-bond donors (Lipinski definition) is 1. The number of imidazole rings is 1. The molecule has 0 amide bonds. The van der Waals surface area contributed by atoms with Gasteiger partial charge in [-0.1, -0.05) is 0 Å².